The Morgan fingerprint density at radius 2 is 2.00 bits per heavy atom. The van der Waals surface area contributed by atoms with E-state index in [1.807, 2.05) is 18.7 Å². The maximum Gasteiger partial charge on any atom is 0.0738 e. The van der Waals surface area contributed by atoms with Crippen molar-refractivity contribution in [2.75, 3.05) is 13.1 Å². The first kappa shape index (κ1) is 16.7. The lowest BCUT2D eigenvalue weighted by Crippen LogP contribution is -2.23. The van der Waals surface area contributed by atoms with Crippen LogP contribution in [-0.4, -0.2) is 22.9 Å². The van der Waals surface area contributed by atoms with E-state index in [0.717, 1.165) is 29.7 Å². The van der Waals surface area contributed by atoms with Gasteiger partial charge in [0.15, 0.2) is 0 Å². The molecule has 1 aromatic carbocycles. The molecular weight excluding hydrogens is 394 g/mol. The first-order valence-corrected chi connectivity index (χ1v) is 8.76. The number of hydrogen-bond acceptors (Lipinski definition) is 2. The van der Waals surface area contributed by atoms with Gasteiger partial charge in [-0.1, -0.05) is 41.1 Å². The minimum absolute atomic E-state index is 0.409. The van der Waals surface area contributed by atoms with Gasteiger partial charge in [0.25, 0.3) is 0 Å². The van der Waals surface area contributed by atoms with Gasteiger partial charge in [-0.3, -0.25) is 4.68 Å². The van der Waals surface area contributed by atoms with Crippen LogP contribution in [0, 0.1) is 6.92 Å². The zero-order valence-corrected chi connectivity index (χ0v) is 15.8. The Labute approximate surface area is 143 Å². The summed E-state index contributed by atoms with van der Waals surface area (Å²) in [7, 11) is 2.01. The third kappa shape index (κ3) is 3.96. The highest BCUT2D eigenvalue weighted by atomic mass is 79.9. The number of likely N-dealkylation sites (N-methyl/N-ethyl adjacent to an activating group) is 1. The van der Waals surface area contributed by atoms with Crippen molar-refractivity contribution in [3.05, 3.63) is 50.2 Å². The van der Waals surface area contributed by atoms with E-state index in [-0.39, 0.29) is 0 Å². The number of hydrogen-bond donors (Lipinski definition) is 1. The zero-order chi connectivity index (χ0) is 15.4. The van der Waals surface area contributed by atoms with Crippen LogP contribution < -0.4 is 5.32 Å². The molecule has 1 atom stereocenters. The van der Waals surface area contributed by atoms with Gasteiger partial charge in [0, 0.05) is 24.0 Å². The molecule has 0 spiro atoms. The van der Waals surface area contributed by atoms with Crippen LogP contribution in [0.2, 0.25) is 0 Å². The lowest BCUT2D eigenvalue weighted by atomic mass is 9.94. The Morgan fingerprint density at radius 1 is 1.29 bits per heavy atom. The SMILES string of the molecule is CCNCC(Cc1c(Br)c(C)nn1C)c1ccccc1Br. The smallest absolute Gasteiger partial charge is 0.0738 e. The van der Waals surface area contributed by atoms with E-state index >= 15 is 0 Å². The summed E-state index contributed by atoms with van der Waals surface area (Å²) >= 11 is 7.36. The molecule has 1 N–H and O–H groups in total. The van der Waals surface area contributed by atoms with Crippen molar-refractivity contribution in [2.45, 2.75) is 26.2 Å². The van der Waals surface area contributed by atoms with E-state index in [1.54, 1.807) is 0 Å². The number of nitrogens with zero attached hydrogens (tertiary/aromatic N) is 2. The minimum Gasteiger partial charge on any atom is -0.316 e. The number of aromatic nitrogens is 2. The molecule has 0 aliphatic heterocycles. The van der Waals surface area contributed by atoms with Gasteiger partial charge in [-0.15, -0.1) is 0 Å². The molecule has 3 nitrogen and oxygen atoms in total. The van der Waals surface area contributed by atoms with E-state index in [2.05, 4.69) is 73.5 Å². The highest BCUT2D eigenvalue weighted by Gasteiger charge is 2.19. The minimum atomic E-state index is 0.409. The van der Waals surface area contributed by atoms with Crippen LogP contribution in [0.5, 0.6) is 0 Å². The third-order valence-corrected chi connectivity index (χ3v) is 5.44. The Morgan fingerprint density at radius 3 is 2.57 bits per heavy atom. The number of halogens is 2. The molecule has 2 rings (SSSR count). The van der Waals surface area contributed by atoms with Gasteiger partial charge < -0.3 is 5.32 Å². The summed E-state index contributed by atoms with van der Waals surface area (Å²) in [5.74, 6) is 0.409. The van der Waals surface area contributed by atoms with Crippen molar-refractivity contribution in [2.24, 2.45) is 7.05 Å². The second kappa shape index (κ2) is 7.56. The van der Waals surface area contributed by atoms with Crippen LogP contribution in [0.15, 0.2) is 33.2 Å². The van der Waals surface area contributed by atoms with Gasteiger partial charge in [0.05, 0.1) is 15.9 Å². The van der Waals surface area contributed by atoms with Crippen LogP contribution in [0.1, 0.15) is 29.8 Å². The molecule has 2 aromatic rings. The molecule has 5 heteroatoms. The Hall–Kier alpha value is -0.650. The largest absolute Gasteiger partial charge is 0.316 e. The van der Waals surface area contributed by atoms with E-state index < -0.39 is 0 Å². The lowest BCUT2D eigenvalue weighted by molar-refractivity contribution is 0.568. The van der Waals surface area contributed by atoms with Crippen molar-refractivity contribution in [1.82, 2.24) is 15.1 Å². The first-order valence-electron chi connectivity index (χ1n) is 7.17. The molecular formula is C16H21Br2N3. The zero-order valence-electron chi connectivity index (χ0n) is 12.7. The molecule has 114 valence electrons. The molecule has 0 aliphatic carbocycles. The fourth-order valence-corrected chi connectivity index (χ4v) is 3.66. The average molecular weight is 415 g/mol. The monoisotopic (exact) mass is 413 g/mol. The fourth-order valence-electron chi connectivity index (χ4n) is 2.55. The third-order valence-electron chi connectivity index (χ3n) is 3.69. The molecule has 0 fully saturated rings. The summed E-state index contributed by atoms with van der Waals surface area (Å²) < 4.78 is 4.27. The summed E-state index contributed by atoms with van der Waals surface area (Å²) in [6.07, 6.45) is 0.952. The Balaban J connectivity index is 2.31. The molecule has 21 heavy (non-hydrogen) atoms. The van der Waals surface area contributed by atoms with Crippen molar-refractivity contribution < 1.29 is 0 Å². The number of nitrogens with one attached hydrogen (secondary N) is 1. The quantitative estimate of drug-likeness (QED) is 0.767. The summed E-state index contributed by atoms with van der Waals surface area (Å²) in [6, 6.07) is 8.46. The molecule has 0 saturated carbocycles. The van der Waals surface area contributed by atoms with Gasteiger partial charge >= 0.3 is 0 Å². The normalized spacial score (nSPS) is 12.6. The van der Waals surface area contributed by atoms with Gasteiger partial charge in [-0.05, 0) is 47.4 Å². The molecule has 0 saturated heterocycles. The standard InChI is InChI=1S/C16H21Br2N3/c1-4-19-10-12(13-7-5-6-8-14(13)17)9-15-16(18)11(2)20-21(15)3/h5-8,12,19H,4,9-10H2,1-3H3. The van der Waals surface area contributed by atoms with Gasteiger partial charge in [-0.25, -0.2) is 0 Å². The fraction of sp³-hybridized carbons (Fsp3) is 0.438. The van der Waals surface area contributed by atoms with Crippen LogP contribution in [0.3, 0.4) is 0 Å². The molecule has 1 heterocycles. The van der Waals surface area contributed by atoms with Gasteiger partial charge in [-0.2, -0.15) is 5.10 Å². The summed E-state index contributed by atoms with van der Waals surface area (Å²) in [5.41, 5.74) is 3.62. The van der Waals surface area contributed by atoms with Gasteiger partial charge in [0.1, 0.15) is 0 Å². The molecule has 0 amide bonds. The highest BCUT2D eigenvalue weighted by molar-refractivity contribution is 9.10. The van der Waals surface area contributed by atoms with Crippen LogP contribution in [0.25, 0.3) is 0 Å². The highest BCUT2D eigenvalue weighted by Crippen LogP contribution is 2.30. The predicted octanol–water partition coefficient (Wildman–Crippen LogP) is 4.19. The van der Waals surface area contributed by atoms with Crippen LogP contribution >= 0.6 is 31.9 Å². The summed E-state index contributed by atoms with van der Waals surface area (Å²) in [6.45, 7) is 6.11. The Bertz CT molecular complexity index is 608. The number of aryl methyl sites for hydroxylation is 2. The van der Waals surface area contributed by atoms with E-state index in [9.17, 15) is 0 Å². The maximum atomic E-state index is 4.50. The lowest BCUT2D eigenvalue weighted by Gasteiger charge is -2.19. The molecule has 0 aliphatic rings. The van der Waals surface area contributed by atoms with Crippen molar-refractivity contribution >= 4 is 31.9 Å². The Kier molecular flexibility index (Phi) is 6.02. The summed E-state index contributed by atoms with van der Waals surface area (Å²) in [4.78, 5) is 0. The molecule has 0 bridgehead atoms. The number of benzene rings is 1. The number of rotatable bonds is 6. The van der Waals surface area contributed by atoms with E-state index in [4.69, 9.17) is 0 Å². The topological polar surface area (TPSA) is 29.9 Å². The molecule has 1 unspecified atom stereocenters. The molecule has 1 aromatic heterocycles. The predicted molar refractivity (Wildman–Crippen MR) is 94.8 cm³/mol. The molecule has 0 radical (unpaired) electrons. The second-order valence-electron chi connectivity index (χ2n) is 5.20. The van der Waals surface area contributed by atoms with Crippen molar-refractivity contribution in [3.63, 3.8) is 0 Å². The van der Waals surface area contributed by atoms with Crippen LogP contribution in [0.4, 0.5) is 0 Å². The summed E-state index contributed by atoms with van der Waals surface area (Å²) in [5, 5.41) is 7.97. The van der Waals surface area contributed by atoms with E-state index in [0.29, 0.717) is 5.92 Å². The van der Waals surface area contributed by atoms with Crippen molar-refractivity contribution in [1.29, 1.82) is 0 Å². The van der Waals surface area contributed by atoms with E-state index in [1.165, 1.54) is 15.7 Å². The van der Waals surface area contributed by atoms with Crippen LogP contribution in [-0.2, 0) is 13.5 Å². The second-order valence-corrected chi connectivity index (χ2v) is 6.85. The van der Waals surface area contributed by atoms with Crippen molar-refractivity contribution in [3.8, 4) is 0 Å². The average Bonchev–Trinajstić information content (AvgIpc) is 2.70. The first-order chi connectivity index (χ1) is 10.0. The van der Waals surface area contributed by atoms with Gasteiger partial charge in [0.2, 0.25) is 0 Å². The maximum absolute atomic E-state index is 4.50.